The van der Waals surface area contributed by atoms with E-state index in [1.165, 1.54) is 7.11 Å². The lowest BCUT2D eigenvalue weighted by atomic mass is 9.87. The average Bonchev–Trinajstić information content (AvgIpc) is 3.00. The van der Waals surface area contributed by atoms with E-state index in [2.05, 4.69) is 0 Å². The minimum atomic E-state index is -0.368. The van der Waals surface area contributed by atoms with Crippen LogP contribution < -0.4 is 0 Å². The molecular formula is C15H25NO4. The lowest BCUT2D eigenvalue weighted by Gasteiger charge is -2.30. The van der Waals surface area contributed by atoms with E-state index in [1.54, 1.807) is 0 Å². The van der Waals surface area contributed by atoms with Crippen molar-refractivity contribution in [3.05, 3.63) is 0 Å². The second kappa shape index (κ2) is 7.07. The van der Waals surface area contributed by atoms with Crippen LogP contribution in [0.3, 0.4) is 0 Å². The maximum Gasteiger partial charge on any atom is 0.308 e. The Balaban J connectivity index is 1.74. The normalized spacial score (nSPS) is 28.2. The smallest absolute Gasteiger partial charge is 0.308 e. The zero-order chi connectivity index (χ0) is 14.5. The lowest BCUT2D eigenvalue weighted by molar-refractivity contribution is -0.152. The number of hydrogen-bond donors (Lipinski definition) is 0. The van der Waals surface area contributed by atoms with E-state index in [0.717, 1.165) is 51.6 Å². The maximum atomic E-state index is 12.2. The minimum Gasteiger partial charge on any atom is -0.469 e. The van der Waals surface area contributed by atoms with Crippen molar-refractivity contribution in [1.82, 2.24) is 4.90 Å². The van der Waals surface area contributed by atoms with Gasteiger partial charge in [0.25, 0.3) is 5.91 Å². The van der Waals surface area contributed by atoms with Crippen LogP contribution in [-0.4, -0.2) is 49.2 Å². The summed E-state index contributed by atoms with van der Waals surface area (Å²) in [5.41, 5.74) is 0. The van der Waals surface area contributed by atoms with Gasteiger partial charge in [0.15, 0.2) is 0 Å². The molecule has 0 aromatic heterocycles. The molecule has 114 valence electrons. The van der Waals surface area contributed by atoms with Crippen LogP contribution >= 0.6 is 0 Å². The molecule has 1 atom stereocenters. The van der Waals surface area contributed by atoms with Crippen LogP contribution in [-0.2, 0) is 19.1 Å². The molecule has 1 saturated heterocycles. The first kappa shape index (κ1) is 15.3. The number of ether oxygens (including phenoxy) is 2. The van der Waals surface area contributed by atoms with Crippen molar-refractivity contribution in [2.75, 3.05) is 20.2 Å². The molecule has 1 aliphatic carbocycles. The molecule has 1 amide bonds. The number of hydrogen-bond acceptors (Lipinski definition) is 4. The third-order valence-electron chi connectivity index (χ3n) is 4.37. The highest BCUT2D eigenvalue weighted by molar-refractivity contribution is 5.80. The van der Waals surface area contributed by atoms with E-state index >= 15 is 0 Å². The van der Waals surface area contributed by atoms with Gasteiger partial charge in [0.1, 0.15) is 6.10 Å². The van der Waals surface area contributed by atoms with Crippen molar-refractivity contribution in [3.8, 4) is 0 Å². The molecule has 2 fully saturated rings. The fourth-order valence-electron chi connectivity index (χ4n) is 3.14. The van der Waals surface area contributed by atoms with Gasteiger partial charge in [0, 0.05) is 13.1 Å². The Morgan fingerprint density at radius 2 is 1.70 bits per heavy atom. The molecule has 0 radical (unpaired) electrons. The van der Waals surface area contributed by atoms with Gasteiger partial charge in [-0.1, -0.05) is 0 Å². The zero-order valence-electron chi connectivity index (χ0n) is 12.5. The minimum absolute atomic E-state index is 0.00411. The number of esters is 1. The number of amides is 1. The van der Waals surface area contributed by atoms with Gasteiger partial charge in [0.05, 0.1) is 19.1 Å². The number of rotatable bonds is 4. The van der Waals surface area contributed by atoms with Crippen molar-refractivity contribution >= 4 is 11.9 Å². The molecule has 20 heavy (non-hydrogen) atoms. The van der Waals surface area contributed by atoms with E-state index in [1.807, 2.05) is 11.8 Å². The first-order valence-corrected chi connectivity index (χ1v) is 7.64. The molecule has 2 aliphatic rings. The Kier molecular flexibility index (Phi) is 5.40. The Labute approximate surface area is 120 Å². The van der Waals surface area contributed by atoms with Crippen molar-refractivity contribution < 1.29 is 19.1 Å². The van der Waals surface area contributed by atoms with Gasteiger partial charge in [-0.3, -0.25) is 9.59 Å². The highest BCUT2D eigenvalue weighted by atomic mass is 16.5. The molecule has 1 saturated carbocycles. The van der Waals surface area contributed by atoms with Gasteiger partial charge >= 0.3 is 5.97 Å². The second-order valence-corrected chi connectivity index (χ2v) is 5.81. The zero-order valence-corrected chi connectivity index (χ0v) is 12.5. The number of carbonyl (C=O) groups is 2. The standard InChI is InChI=1S/C15H25NO4/c1-11(14(17)16-9-3-4-10-16)20-13-7-5-12(6-8-13)15(18)19-2/h11-13H,3-10H2,1-2H3. The van der Waals surface area contributed by atoms with Crippen molar-refractivity contribution in [2.45, 2.75) is 57.7 Å². The highest BCUT2D eigenvalue weighted by Gasteiger charge is 2.30. The van der Waals surface area contributed by atoms with Gasteiger partial charge in [-0.05, 0) is 45.4 Å². The summed E-state index contributed by atoms with van der Waals surface area (Å²) < 4.78 is 10.7. The van der Waals surface area contributed by atoms with Crippen LogP contribution in [0.15, 0.2) is 0 Å². The summed E-state index contributed by atoms with van der Waals surface area (Å²) in [6.45, 7) is 3.57. The highest BCUT2D eigenvalue weighted by Crippen LogP contribution is 2.28. The molecule has 0 N–H and O–H groups in total. The van der Waals surface area contributed by atoms with Crippen LogP contribution in [0.25, 0.3) is 0 Å². The van der Waals surface area contributed by atoms with Crippen LogP contribution in [0.5, 0.6) is 0 Å². The quantitative estimate of drug-likeness (QED) is 0.738. The van der Waals surface area contributed by atoms with Crippen LogP contribution in [0.4, 0.5) is 0 Å². The van der Waals surface area contributed by atoms with E-state index in [9.17, 15) is 9.59 Å². The van der Waals surface area contributed by atoms with E-state index < -0.39 is 0 Å². The second-order valence-electron chi connectivity index (χ2n) is 5.81. The Morgan fingerprint density at radius 1 is 1.10 bits per heavy atom. The molecule has 0 aromatic carbocycles. The van der Waals surface area contributed by atoms with E-state index in [0.29, 0.717) is 0 Å². The van der Waals surface area contributed by atoms with Crippen LogP contribution in [0, 0.1) is 5.92 Å². The monoisotopic (exact) mass is 283 g/mol. The van der Waals surface area contributed by atoms with E-state index in [4.69, 9.17) is 9.47 Å². The van der Waals surface area contributed by atoms with Gasteiger partial charge in [0.2, 0.25) is 0 Å². The third-order valence-corrected chi connectivity index (χ3v) is 4.37. The Morgan fingerprint density at radius 3 is 2.25 bits per heavy atom. The average molecular weight is 283 g/mol. The predicted molar refractivity (Wildman–Crippen MR) is 74.1 cm³/mol. The summed E-state index contributed by atoms with van der Waals surface area (Å²) in [5, 5.41) is 0. The molecule has 1 heterocycles. The largest absolute Gasteiger partial charge is 0.469 e. The molecule has 5 heteroatoms. The summed E-state index contributed by atoms with van der Waals surface area (Å²) in [6.07, 6.45) is 5.18. The van der Waals surface area contributed by atoms with Crippen molar-refractivity contribution in [1.29, 1.82) is 0 Å². The molecule has 5 nitrogen and oxygen atoms in total. The number of nitrogens with zero attached hydrogens (tertiary/aromatic N) is 1. The van der Waals surface area contributed by atoms with Gasteiger partial charge in [-0.15, -0.1) is 0 Å². The molecule has 1 aliphatic heterocycles. The van der Waals surface area contributed by atoms with Gasteiger partial charge in [-0.25, -0.2) is 0 Å². The first-order chi connectivity index (χ1) is 9.61. The number of methoxy groups -OCH3 is 1. The van der Waals surface area contributed by atoms with Gasteiger partial charge < -0.3 is 14.4 Å². The molecule has 0 aromatic rings. The summed E-state index contributed by atoms with van der Waals surface area (Å²) in [7, 11) is 1.43. The fourth-order valence-corrected chi connectivity index (χ4v) is 3.14. The predicted octanol–water partition coefficient (Wildman–Crippen LogP) is 1.75. The van der Waals surface area contributed by atoms with Crippen LogP contribution in [0.1, 0.15) is 45.4 Å². The summed E-state index contributed by atoms with van der Waals surface area (Å²) in [4.78, 5) is 25.5. The van der Waals surface area contributed by atoms with E-state index in [-0.39, 0.29) is 30.0 Å². The summed E-state index contributed by atoms with van der Waals surface area (Å²) in [5.74, 6) is -0.00771. The van der Waals surface area contributed by atoms with Crippen LogP contribution in [0.2, 0.25) is 0 Å². The Bertz CT molecular complexity index is 344. The summed E-state index contributed by atoms with van der Waals surface area (Å²) >= 11 is 0. The molecule has 2 rings (SSSR count). The molecule has 0 spiro atoms. The molecular weight excluding hydrogens is 258 g/mol. The van der Waals surface area contributed by atoms with Crippen molar-refractivity contribution in [2.24, 2.45) is 5.92 Å². The lowest BCUT2D eigenvalue weighted by Crippen LogP contribution is -2.39. The first-order valence-electron chi connectivity index (χ1n) is 7.64. The molecule has 0 bridgehead atoms. The number of likely N-dealkylation sites (tertiary alicyclic amines) is 1. The third kappa shape index (κ3) is 3.72. The SMILES string of the molecule is COC(=O)C1CCC(OC(C)C(=O)N2CCCC2)CC1. The maximum absolute atomic E-state index is 12.2. The topological polar surface area (TPSA) is 55.8 Å². The molecule has 1 unspecified atom stereocenters. The number of carbonyl (C=O) groups excluding carboxylic acids is 2. The fraction of sp³-hybridized carbons (Fsp3) is 0.867. The summed E-state index contributed by atoms with van der Waals surface area (Å²) in [6, 6.07) is 0. The van der Waals surface area contributed by atoms with Gasteiger partial charge in [-0.2, -0.15) is 0 Å². The van der Waals surface area contributed by atoms with Crippen molar-refractivity contribution in [3.63, 3.8) is 0 Å². The Hall–Kier alpha value is -1.10.